The molecule has 0 unspecified atom stereocenters. The van der Waals surface area contributed by atoms with Crippen molar-refractivity contribution in [3.8, 4) is 0 Å². The largest absolute Gasteiger partial charge is 0.480 e. The molecule has 194 valence electrons. The number of carbonyl (C=O) groups is 2. The highest BCUT2D eigenvalue weighted by molar-refractivity contribution is 5.94. The Labute approximate surface area is 220 Å². The molecule has 1 aliphatic heterocycles. The lowest BCUT2D eigenvalue weighted by molar-refractivity contribution is -0.142. The average molecular weight is 512 g/mol. The van der Waals surface area contributed by atoms with Crippen LogP contribution in [0.4, 0.5) is 0 Å². The Bertz CT molecular complexity index is 1500. The molecular formula is C29H29N5O4. The predicted molar refractivity (Wildman–Crippen MR) is 145 cm³/mol. The molecule has 0 saturated heterocycles. The van der Waals surface area contributed by atoms with Crippen molar-refractivity contribution >= 4 is 29.2 Å². The summed E-state index contributed by atoms with van der Waals surface area (Å²) in [7, 11) is 0. The van der Waals surface area contributed by atoms with Crippen LogP contribution in [0.3, 0.4) is 0 Å². The Balaban J connectivity index is 1.86. The van der Waals surface area contributed by atoms with Gasteiger partial charge >= 0.3 is 5.97 Å². The number of hydrogen-bond donors (Lipinski definition) is 1. The first-order chi connectivity index (χ1) is 18.3. The summed E-state index contributed by atoms with van der Waals surface area (Å²) in [6.45, 7) is 13.3. The third kappa shape index (κ3) is 4.90. The van der Waals surface area contributed by atoms with E-state index < -0.39 is 17.9 Å². The van der Waals surface area contributed by atoms with E-state index in [9.17, 15) is 14.7 Å². The molecule has 3 aromatic rings. The summed E-state index contributed by atoms with van der Waals surface area (Å²) in [5, 5.41) is 14.5. The molecule has 2 aromatic heterocycles. The van der Waals surface area contributed by atoms with Crippen LogP contribution in [-0.2, 0) is 17.8 Å². The van der Waals surface area contributed by atoms with Crippen LogP contribution in [0.2, 0.25) is 0 Å². The summed E-state index contributed by atoms with van der Waals surface area (Å²) in [4.78, 5) is 36.3. The fourth-order valence-electron chi connectivity index (χ4n) is 4.40. The molecule has 1 amide bonds. The molecule has 1 aromatic carbocycles. The second-order valence-electron chi connectivity index (χ2n) is 8.61. The van der Waals surface area contributed by atoms with Crippen molar-refractivity contribution in [1.29, 1.82) is 0 Å². The standard InChI is InChI=1S/C29H29N5O4/c1-6-10-13-19(7-2)27-31-26(32-34(27)22(8-3)25-24(9-4)38-18(5)30-25)28(35)33-17-21-15-12-11-14-20(21)16-23(33)29(36)37/h6-15,23H,2,4,16-17H2,1,3,5H3,(H,36,37)/b10-6-,19-13+,22-8+/t23-/m0/s1. The minimum Gasteiger partial charge on any atom is -0.480 e. The smallest absolute Gasteiger partial charge is 0.326 e. The molecule has 0 aliphatic carbocycles. The predicted octanol–water partition coefficient (Wildman–Crippen LogP) is 4.92. The zero-order valence-corrected chi connectivity index (χ0v) is 21.6. The van der Waals surface area contributed by atoms with Crippen LogP contribution in [0.5, 0.6) is 0 Å². The number of carboxylic acids is 1. The summed E-state index contributed by atoms with van der Waals surface area (Å²) in [5.74, 6) is -0.585. The summed E-state index contributed by atoms with van der Waals surface area (Å²) >= 11 is 0. The van der Waals surface area contributed by atoms with E-state index in [4.69, 9.17) is 4.42 Å². The molecule has 38 heavy (non-hydrogen) atoms. The number of amides is 1. The number of hydrogen-bond acceptors (Lipinski definition) is 6. The quantitative estimate of drug-likeness (QED) is 0.427. The number of fused-ring (bicyclic) bond motifs is 1. The van der Waals surface area contributed by atoms with Crippen molar-refractivity contribution in [3.63, 3.8) is 0 Å². The van der Waals surface area contributed by atoms with Crippen LogP contribution in [-0.4, -0.2) is 47.7 Å². The third-order valence-electron chi connectivity index (χ3n) is 6.23. The highest BCUT2D eigenvalue weighted by Crippen LogP contribution is 2.28. The van der Waals surface area contributed by atoms with Gasteiger partial charge in [0.1, 0.15) is 11.7 Å². The van der Waals surface area contributed by atoms with Gasteiger partial charge in [0.15, 0.2) is 17.5 Å². The first-order valence-corrected chi connectivity index (χ1v) is 12.1. The molecule has 0 fully saturated rings. The lowest BCUT2D eigenvalue weighted by Crippen LogP contribution is -2.49. The first-order valence-electron chi connectivity index (χ1n) is 12.1. The Morgan fingerprint density at radius 3 is 2.53 bits per heavy atom. The summed E-state index contributed by atoms with van der Waals surface area (Å²) < 4.78 is 7.17. The van der Waals surface area contributed by atoms with Gasteiger partial charge in [-0.1, -0.05) is 67.8 Å². The van der Waals surface area contributed by atoms with E-state index in [1.807, 2.05) is 50.3 Å². The Hall–Kier alpha value is -4.79. The molecular weight excluding hydrogens is 482 g/mol. The molecule has 0 bridgehead atoms. The van der Waals surface area contributed by atoms with E-state index in [0.29, 0.717) is 34.4 Å². The number of nitrogens with zero attached hydrogens (tertiary/aromatic N) is 5. The van der Waals surface area contributed by atoms with Gasteiger partial charge in [0.25, 0.3) is 5.91 Å². The zero-order chi connectivity index (χ0) is 27.4. The van der Waals surface area contributed by atoms with Crippen molar-refractivity contribution < 1.29 is 19.1 Å². The number of aliphatic carboxylic acids is 1. The van der Waals surface area contributed by atoms with E-state index in [1.54, 1.807) is 31.2 Å². The lowest BCUT2D eigenvalue weighted by atomic mass is 9.94. The van der Waals surface area contributed by atoms with Gasteiger partial charge in [-0.15, -0.1) is 5.10 Å². The average Bonchev–Trinajstić information content (AvgIpc) is 3.52. The Kier molecular flexibility index (Phi) is 7.66. The maximum absolute atomic E-state index is 13.8. The number of carbonyl (C=O) groups excluding carboxylic acids is 1. The Morgan fingerprint density at radius 1 is 1.16 bits per heavy atom. The van der Waals surface area contributed by atoms with Gasteiger partial charge in [0, 0.05) is 25.5 Å². The van der Waals surface area contributed by atoms with Crippen LogP contribution in [0, 0.1) is 6.92 Å². The second kappa shape index (κ2) is 11.1. The zero-order valence-electron chi connectivity index (χ0n) is 21.6. The topological polar surface area (TPSA) is 114 Å². The summed E-state index contributed by atoms with van der Waals surface area (Å²) in [6.07, 6.45) is 10.6. The van der Waals surface area contributed by atoms with Crippen LogP contribution in [0.25, 0.3) is 17.3 Å². The first kappa shape index (κ1) is 26.3. The van der Waals surface area contributed by atoms with E-state index in [2.05, 4.69) is 28.2 Å². The van der Waals surface area contributed by atoms with Crippen LogP contribution in [0.15, 0.2) is 72.2 Å². The van der Waals surface area contributed by atoms with E-state index in [-0.39, 0.29) is 18.8 Å². The number of benzene rings is 1. The Morgan fingerprint density at radius 2 is 1.89 bits per heavy atom. The molecule has 0 saturated carbocycles. The molecule has 9 heteroatoms. The van der Waals surface area contributed by atoms with Crippen molar-refractivity contribution in [2.24, 2.45) is 0 Å². The number of aromatic nitrogens is 4. The fourth-order valence-corrected chi connectivity index (χ4v) is 4.40. The number of rotatable bonds is 8. The number of aryl methyl sites for hydroxylation is 1. The minimum atomic E-state index is -1.09. The number of carboxylic acid groups (broad SMARTS) is 1. The normalized spacial score (nSPS) is 16.0. The maximum Gasteiger partial charge on any atom is 0.326 e. The molecule has 1 atom stereocenters. The van der Waals surface area contributed by atoms with Gasteiger partial charge in [-0.05, 0) is 31.1 Å². The van der Waals surface area contributed by atoms with Crippen LogP contribution < -0.4 is 0 Å². The van der Waals surface area contributed by atoms with Crippen LogP contribution in [0.1, 0.15) is 58.8 Å². The van der Waals surface area contributed by atoms with Gasteiger partial charge < -0.3 is 14.4 Å². The highest BCUT2D eigenvalue weighted by Gasteiger charge is 2.37. The van der Waals surface area contributed by atoms with Gasteiger partial charge in [0.2, 0.25) is 5.82 Å². The van der Waals surface area contributed by atoms with E-state index in [1.165, 1.54) is 9.58 Å². The molecule has 1 aliphatic rings. The molecule has 4 rings (SSSR count). The SMILES string of the molecule is C=C/C(=C\C=C/C)c1nc(C(=O)N2Cc3ccccc3C[C@H]2C(=O)O)nn1/C(=C/C)c1nc(C)oc1C=C. The van der Waals surface area contributed by atoms with Gasteiger partial charge in [0.05, 0.1) is 5.70 Å². The van der Waals surface area contributed by atoms with Crippen molar-refractivity contribution in [2.45, 2.75) is 39.8 Å². The summed E-state index contributed by atoms with van der Waals surface area (Å²) in [6, 6.07) is 6.46. The van der Waals surface area contributed by atoms with E-state index in [0.717, 1.165) is 11.1 Å². The maximum atomic E-state index is 13.8. The minimum absolute atomic E-state index is 0.137. The highest BCUT2D eigenvalue weighted by atomic mass is 16.4. The fraction of sp³-hybridized carbons (Fsp3) is 0.207. The van der Waals surface area contributed by atoms with Gasteiger partial charge in [-0.25, -0.2) is 19.4 Å². The monoisotopic (exact) mass is 511 g/mol. The molecule has 3 heterocycles. The molecule has 0 radical (unpaired) electrons. The second-order valence-corrected chi connectivity index (χ2v) is 8.61. The number of allylic oxidation sites excluding steroid dienone is 6. The van der Waals surface area contributed by atoms with Crippen molar-refractivity contribution in [2.75, 3.05) is 0 Å². The molecule has 1 N–H and O–H groups in total. The number of oxazole rings is 1. The molecule has 9 nitrogen and oxygen atoms in total. The van der Waals surface area contributed by atoms with Crippen LogP contribution >= 0.6 is 0 Å². The lowest BCUT2D eigenvalue weighted by Gasteiger charge is -2.33. The summed E-state index contributed by atoms with van der Waals surface area (Å²) in [5.41, 5.74) is 3.40. The molecule has 0 spiro atoms. The van der Waals surface area contributed by atoms with E-state index >= 15 is 0 Å². The van der Waals surface area contributed by atoms with Gasteiger partial charge in [-0.3, -0.25) is 4.79 Å². The van der Waals surface area contributed by atoms with Gasteiger partial charge in [-0.2, -0.15) is 0 Å². The van der Waals surface area contributed by atoms with Crippen molar-refractivity contribution in [1.82, 2.24) is 24.6 Å². The van der Waals surface area contributed by atoms with Crippen molar-refractivity contribution in [3.05, 3.63) is 108 Å². The third-order valence-corrected chi connectivity index (χ3v) is 6.23.